The first-order valence-electron chi connectivity index (χ1n) is 6.03. The van der Waals surface area contributed by atoms with Crippen LogP contribution in [0, 0.1) is 5.41 Å². The summed E-state index contributed by atoms with van der Waals surface area (Å²) in [5.74, 6) is -0.936. The molecular formula is C11H19NO2. The monoisotopic (exact) mass is 199 g/mol. The number of likely N-dealkylation sites (tertiary alicyclic amines) is 1. The van der Waals surface area contributed by atoms with Crippen LogP contribution in [0.15, 0.2) is 0 Å². The number of nitrogens with zero attached hydrogens (tertiary/aromatic N) is 1. The summed E-state index contributed by atoms with van der Waals surface area (Å²) in [7, 11) is 0. The van der Waals surface area contributed by atoms with Gasteiger partial charge in [0.2, 0.25) is 11.8 Å². The number of amides is 2. The molecule has 14 heavy (non-hydrogen) atoms. The molecule has 0 aromatic heterocycles. The van der Waals surface area contributed by atoms with E-state index < -0.39 is 17.7 Å². The molecule has 0 atom stereocenters. The molecule has 80 valence electrons. The van der Waals surface area contributed by atoms with E-state index in [2.05, 4.69) is 0 Å². The van der Waals surface area contributed by atoms with Gasteiger partial charge in [-0.3, -0.25) is 14.5 Å². The van der Waals surface area contributed by atoms with Gasteiger partial charge in [0, 0.05) is 22.1 Å². The number of hydrogen-bond acceptors (Lipinski definition) is 2. The Balaban J connectivity index is 2.88. The van der Waals surface area contributed by atoms with Gasteiger partial charge in [0.05, 0.1) is 0 Å². The summed E-state index contributed by atoms with van der Waals surface area (Å²) in [5.41, 5.74) is -0.804. The summed E-state index contributed by atoms with van der Waals surface area (Å²) < 4.78 is 15.7. The molecule has 1 rings (SSSR count). The van der Waals surface area contributed by atoms with E-state index >= 15 is 0 Å². The summed E-state index contributed by atoms with van der Waals surface area (Å²) in [4.78, 5) is 24.6. The SMILES string of the molecule is [2H]C([2H])(C(=O)N1CCCCC1=O)C(C)(C)C. The van der Waals surface area contributed by atoms with Crippen LogP contribution in [0.3, 0.4) is 0 Å². The van der Waals surface area contributed by atoms with Crippen LogP contribution < -0.4 is 0 Å². The van der Waals surface area contributed by atoms with Crippen LogP contribution in [0.4, 0.5) is 0 Å². The number of piperidine rings is 1. The molecule has 0 N–H and O–H groups in total. The van der Waals surface area contributed by atoms with Crippen molar-refractivity contribution < 1.29 is 12.3 Å². The molecule has 0 aliphatic carbocycles. The highest BCUT2D eigenvalue weighted by atomic mass is 16.2. The molecule has 0 aromatic carbocycles. The second kappa shape index (κ2) is 4.11. The zero-order chi connectivity index (χ0) is 12.6. The molecule has 0 radical (unpaired) electrons. The van der Waals surface area contributed by atoms with Gasteiger partial charge in [-0.25, -0.2) is 0 Å². The molecule has 2 amide bonds. The summed E-state index contributed by atoms with van der Waals surface area (Å²) in [6, 6.07) is 0. The molecule has 1 aliphatic heterocycles. The van der Waals surface area contributed by atoms with Crippen LogP contribution in [-0.2, 0) is 9.59 Å². The van der Waals surface area contributed by atoms with E-state index in [4.69, 9.17) is 2.74 Å². The van der Waals surface area contributed by atoms with Crippen molar-refractivity contribution in [3.63, 3.8) is 0 Å². The van der Waals surface area contributed by atoms with E-state index in [0.717, 1.165) is 17.7 Å². The average Bonchev–Trinajstić information content (AvgIpc) is 2.15. The summed E-state index contributed by atoms with van der Waals surface area (Å²) in [5, 5.41) is 0. The minimum Gasteiger partial charge on any atom is -0.283 e. The smallest absolute Gasteiger partial charge is 0.229 e. The maximum atomic E-state index is 12.0. The third kappa shape index (κ3) is 3.13. The van der Waals surface area contributed by atoms with Crippen molar-refractivity contribution in [2.24, 2.45) is 5.41 Å². The second-order valence-electron chi connectivity index (χ2n) is 4.68. The maximum Gasteiger partial charge on any atom is 0.229 e. The van der Waals surface area contributed by atoms with Gasteiger partial charge in [-0.2, -0.15) is 0 Å². The second-order valence-corrected chi connectivity index (χ2v) is 4.68. The Morgan fingerprint density at radius 1 is 1.50 bits per heavy atom. The van der Waals surface area contributed by atoms with Crippen molar-refractivity contribution >= 4 is 11.8 Å². The largest absolute Gasteiger partial charge is 0.283 e. The number of imide groups is 1. The van der Waals surface area contributed by atoms with E-state index in [1.165, 1.54) is 0 Å². The van der Waals surface area contributed by atoms with Crippen LogP contribution in [0.25, 0.3) is 0 Å². The first-order valence-corrected chi connectivity index (χ1v) is 5.03. The Morgan fingerprint density at radius 2 is 2.14 bits per heavy atom. The summed E-state index contributed by atoms with van der Waals surface area (Å²) >= 11 is 0. The fraction of sp³-hybridized carbons (Fsp3) is 0.818. The molecule has 0 unspecified atom stereocenters. The first kappa shape index (κ1) is 8.45. The molecule has 3 nitrogen and oxygen atoms in total. The van der Waals surface area contributed by atoms with Gasteiger partial charge in [0.25, 0.3) is 0 Å². The van der Waals surface area contributed by atoms with E-state index in [1.54, 1.807) is 20.8 Å². The van der Waals surface area contributed by atoms with Crippen molar-refractivity contribution in [2.75, 3.05) is 6.54 Å². The molecule has 0 saturated carbocycles. The lowest BCUT2D eigenvalue weighted by Crippen LogP contribution is -2.41. The van der Waals surface area contributed by atoms with Crippen molar-refractivity contribution in [1.82, 2.24) is 4.90 Å². The normalized spacial score (nSPS) is 21.6. The lowest BCUT2D eigenvalue weighted by atomic mass is 9.91. The highest BCUT2D eigenvalue weighted by molar-refractivity contribution is 5.95. The average molecular weight is 199 g/mol. The quantitative estimate of drug-likeness (QED) is 0.647. The third-order valence-electron chi connectivity index (χ3n) is 2.05. The molecule has 1 saturated heterocycles. The van der Waals surface area contributed by atoms with Gasteiger partial charge in [-0.05, 0) is 18.3 Å². The van der Waals surface area contributed by atoms with Gasteiger partial charge in [-0.15, -0.1) is 0 Å². The number of carbonyl (C=O) groups excluding carboxylic acids is 2. The zero-order valence-corrected chi connectivity index (χ0v) is 9.09. The molecule has 0 bridgehead atoms. The standard InChI is InChI=1S/C11H19NO2/c1-11(2,3)8-10(14)12-7-5-4-6-9(12)13/h4-8H2,1-3H3/i8D2. The lowest BCUT2D eigenvalue weighted by Gasteiger charge is -2.27. The molecule has 0 aromatic rings. The number of carbonyl (C=O) groups is 2. The molecule has 1 heterocycles. The predicted molar refractivity (Wildman–Crippen MR) is 54.6 cm³/mol. The Kier molecular flexibility index (Phi) is 2.48. The Bertz CT molecular complexity index is 308. The van der Waals surface area contributed by atoms with Gasteiger partial charge >= 0.3 is 0 Å². The van der Waals surface area contributed by atoms with Gasteiger partial charge in [0.1, 0.15) is 0 Å². The minimum absolute atomic E-state index is 0.246. The van der Waals surface area contributed by atoms with Crippen LogP contribution in [0.5, 0.6) is 0 Å². The molecule has 1 fully saturated rings. The summed E-state index contributed by atoms with van der Waals surface area (Å²) in [6.45, 7) is 5.35. The third-order valence-corrected chi connectivity index (χ3v) is 2.05. The maximum absolute atomic E-state index is 12.0. The van der Waals surface area contributed by atoms with Crippen LogP contribution >= 0.6 is 0 Å². The van der Waals surface area contributed by atoms with E-state index in [-0.39, 0.29) is 5.91 Å². The highest BCUT2D eigenvalue weighted by Crippen LogP contribution is 2.21. The van der Waals surface area contributed by atoms with Crippen molar-refractivity contribution in [2.45, 2.75) is 46.4 Å². The van der Waals surface area contributed by atoms with Crippen molar-refractivity contribution in [3.05, 3.63) is 0 Å². The lowest BCUT2D eigenvalue weighted by molar-refractivity contribution is -0.147. The predicted octanol–water partition coefficient (Wildman–Crippen LogP) is 1.96. The Hall–Kier alpha value is -0.860. The van der Waals surface area contributed by atoms with Crippen LogP contribution in [-0.4, -0.2) is 23.3 Å². The van der Waals surface area contributed by atoms with Gasteiger partial charge < -0.3 is 0 Å². The van der Waals surface area contributed by atoms with E-state index in [9.17, 15) is 9.59 Å². The molecule has 3 heteroatoms. The molecule has 1 aliphatic rings. The molecular weight excluding hydrogens is 178 g/mol. The van der Waals surface area contributed by atoms with E-state index in [0.29, 0.717) is 13.0 Å². The fourth-order valence-electron chi connectivity index (χ4n) is 1.41. The Labute approximate surface area is 88.3 Å². The topological polar surface area (TPSA) is 37.4 Å². The summed E-state index contributed by atoms with van der Waals surface area (Å²) in [6.07, 6.45) is -0.0786. The number of rotatable bonds is 1. The molecule has 0 spiro atoms. The Morgan fingerprint density at radius 3 is 2.64 bits per heavy atom. The van der Waals surface area contributed by atoms with Crippen LogP contribution in [0.1, 0.15) is 49.1 Å². The van der Waals surface area contributed by atoms with Crippen molar-refractivity contribution in [3.8, 4) is 0 Å². The number of hydrogen-bond donors (Lipinski definition) is 0. The van der Waals surface area contributed by atoms with Gasteiger partial charge in [0.15, 0.2) is 0 Å². The van der Waals surface area contributed by atoms with Crippen LogP contribution in [0.2, 0.25) is 0 Å². The first-order chi connectivity index (χ1) is 7.18. The highest BCUT2D eigenvalue weighted by Gasteiger charge is 2.27. The van der Waals surface area contributed by atoms with Gasteiger partial charge in [-0.1, -0.05) is 20.8 Å². The minimum atomic E-state index is -2.00. The van der Waals surface area contributed by atoms with E-state index in [1.807, 2.05) is 0 Å². The fourth-order valence-corrected chi connectivity index (χ4v) is 1.41. The van der Waals surface area contributed by atoms with Crippen molar-refractivity contribution in [1.29, 1.82) is 0 Å². The zero-order valence-electron chi connectivity index (χ0n) is 11.1.